The van der Waals surface area contributed by atoms with Crippen LogP contribution in [-0.4, -0.2) is 50.3 Å². The van der Waals surface area contributed by atoms with Gasteiger partial charge in [0.05, 0.1) is 6.10 Å². The molecule has 3 heteroatoms. The number of methoxy groups -OCH3 is 1. The van der Waals surface area contributed by atoms with Gasteiger partial charge in [0.2, 0.25) is 0 Å². The number of likely N-dealkylation sites (tertiary alicyclic amines) is 1. The van der Waals surface area contributed by atoms with Gasteiger partial charge in [-0.15, -0.1) is 0 Å². The summed E-state index contributed by atoms with van der Waals surface area (Å²) in [5, 5.41) is 3.71. The zero-order chi connectivity index (χ0) is 13.7. The molecule has 0 amide bonds. The van der Waals surface area contributed by atoms with Crippen LogP contribution in [0.5, 0.6) is 0 Å². The molecule has 0 radical (unpaired) electrons. The molecular formula is C16H32N2O. The maximum atomic E-state index is 5.47. The number of piperidine rings is 1. The second-order valence-electron chi connectivity index (χ2n) is 6.58. The van der Waals surface area contributed by atoms with E-state index in [9.17, 15) is 0 Å². The van der Waals surface area contributed by atoms with Crippen molar-refractivity contribution < 1.29 is 4.74 Å². The lowest BCUT2D eigenvalue weighted by molar-refractivity contribution is 0.0303. The molecule has 0 aromatic rings. The van der Waals surface area contributed by atoms with Gasteiger partial charge in [0, 0.05) is 32.8 Å². The van der Waals surface area contributed by atoms with E-state index in [1.807, 2.05) is 7.11 Å². The molecule has 0 aromatic carbocycles. The third kappa shape index (κ3) is 4.44. The molecule has 2 aliphatic rings. The molecule has 1 aliphatic heterocycles. The highest BCUT2D eigenvalue weighted by Crippen LogP contribution is 2.30. The third-order valence-corrected chi connectivity index (χ3v) is 5.07. The molecule has 2 rings (SSSR count). The van der Waals surface area contributed by atoms with Crippen LogP contribution in [0.2, 0.25) is 0 Å². The molecule has 1 heterocycles. The molecule has 0 spiro atoms. The molecule has 2 fully saturated rings. The topological polar surface area (TPSA) is 24.5 Å². The highest BCUT2D eigenvalue weighted by molar-refractivity contribution is 4.86. The first-order valence-electron chi connectivity index (χ1n) is 8.21. The van der Waals surface area contributed by atoms with Crippen LogP contribution in [-0.2, 0) is 4.74 Å². The molecule has 112 valence electrons. The number of hydrogen-bond donors (Lipinski definition) is 1. The molecule has 3 unspecified atom stereocenters. The average molecular weight is 268 g/mol. The van der Waals surface area contributed by atoms with Crippen molar-refractivity contribution in [2.75, 3.05) is 33.3 Å². The standard InChI is InChI=1S/C16H32N2O/c1-4-17-16-6-5-13(2)11-14(16)12-18-9-7-15(19-3)8-10-18/h13-17H,4-12H2,1-3H3. The van der Waals surface area contributed by atoms with Crippen LogP contribution >= 0.6 is 0 Å². The molecule has 1 saturated heterocycles. The quantitative estimate of drug-likeness (QED) is 0.829. The first-order valence-corrected chi connectivity index (χ1v) is 8.21. The Bertz CT molecular complexity index is 251. The highest BCUT2D eigenvalue weighted by atomic mass is 16.5. The van der Waals surface area contributed by atoms with Crippen molar-refractivity contribution in [3.8, 4) is 0 Å². The van der Waals surface area contributed by atoms with Gasteiger partial charge in [-0.2, -0.15) is 0 Å². The molecule has 19 heavy (non-hydrogen) atoms. The zero-order valence-electron chi connectivity index (χ0n) is 13.0. The molecule has 3 nitrogen and oxygen atoms in total. The molecule has 0 aromatic heterocycles. The Morgan fingerprint density at radius 1 is 1.16 bits per heavy atom. The van der Waals surface area contributed by atoms with Crippen molar-refractivity contribution in [2.24, 2.45) is 11.8 Å². The van der Waals surface area contributed by atoms with Crippen LogP contribution < -0.4 is 5.32 Å². The lowest BCUT2D eigenvalue weighted by Crippen LogP contribution is -2.47. The Balaban J connectivity index is 1.81. The summed E-state index contributed by atoms with van der Waals surface area (Å²) >= 11 is 0. The second kappa shape index (κ2) is 7.61. The number of nitrogens with one attached hydrogen (secondary N) is 1. The molecule has 1 N–H and O–H groups in total. The predicted octanol–water partition coefficient (Wildman–Crippen LogP) is 2.51. The molecular weight excluding hydrogens is 236 g/mol. The van der Waals surface area contributed by atoms with E-state index in [0.29, 0.717) is 6.10 Å². The van der Waals surface area contributed by atoms with Crippen molar-refractivity contribution in [1.82, 2.24) is 10.2 Å². The number of nitrogens with zero attached hydrogens (tertiary/aromatic N) is 1. The van der Waals surface area contributed by atoms with Crippen molar-refractivity contribution >= 4 is 0 Å². The van der Waals surface area contributed by atoms with Crippen LogP contribution in [0.15, 0.2) is 0 Å². The SMILES string of the molecule is CCNC1CCC(C)CC1CN1CCC(OC)CC1. The summed E-state index contributed by atoms with van der Waals surface area (Å²) in [6, 6.07) is 0.751. The highest BCUT2D eigenvalue weighted by Gasteiger charge is 2.30. The zero-order valence-corrected chi connectivity index (χ0v) is 13.0. The Morgan fingerprint density at radius 3 is 2.53 bits per heavy atom. The van der Waals surface area contributed by atoms with Gasteiger partial charge in [0.15, 0.2) is 0 Å². The fourth-order valence-electron chi connectivity index (χ4n) is 3.89. The fraction of sp³-hybridized carbons (Fsp3) is 1.00. The van der Waals surface area contributed by atoms with Crippen LogP contribution in [0, 0.1) is 11.8 Å². The lowest BCUT2D eigenvalue weighted by atomic mass is 9.78. The minimum Gasteiger partial charge on any atom is -0.381 e. The first kappa shape index (κ1) is 15.3. The minimum atomic E-state index is 0.506. The Kier molecular flexibility index (Phi) is 6.11. The molecule has 1 aliphatic carbocycles. The third-order valence-electron chi connectivity index (χ3n) is 5.07. The lowest BCUT2D eigenvalue weighted by Gasteiger charge is -2.40. The number of hydrogen-bond acceptors (Lipinski definition) is 3. The van der Waals surface area contributed by atoms with E-state index >= 15 is 0 Å². The van der Waals surface area contributed by atoms with Gasteiger partial charge in [0.25, 0.3) is 0 Å². The predicted molar refractivity (Wildman–Crippen MR) is 80.4 cm³/mol. The van der Waals surface area contributed by atoms with Crippen LogP contribution in [0.1, 0.15) is 46.0 Å². The minimum absolute atomic E-state index is 0.506. The van der Waals surface area contributed by atoms with Crippen molar-refractivity contribution in [3.63, 3.8) is 0 Å². The molecule has 0 bridgehead atoms. The Hall–Kier alpha value is -0.120. The van der Waals surface area contributed by atoms with Crippen LogP contribution in [0.25, 0.3) is 0 Å². The van der Waals surface area contributed by atoms with E-state index in [2.05, 4.69) is 24.1 Å². The maximum Gasteiger partial charge on any atom is 0.0595 e. The van der Waals surface area contributed by atoms with Crippen molar-refractivity contribution in [2.45, 2.75) is 58.1 Å². The Labute approximate surface area is 119 Å². The van der Waals surface area contributed by atoms with Gasteiger partial charge in [0.1, 0.15) is 0 Å². The smallest absolute Gasteiger partial charge is 0.0595 e. The van der Waals surface area contributed by atoms with Gasteiger partial charge in [-0.25, -0.2) is 0 Å². The van der Waals surface area contributed by atoms with E-state index in [0.717, 1.165) is 24.4 Å². The van der Waals surface area contributed by atoms with Crippen LogP contribution in [0.4, 0.5) is 0 Å². The normalized spacial score (nSPS) is 34.6. The summed E-state index contributed by atoms with van der Waals surface area (Å²) in [6.45, 7) is 9.51. The average Bonchev–Trinajstić information content (AvgIpc) is 2.43. The van der Waals surface area contributed by atoms with Gasteiger partial charge < -0.3 is 15.0 Å². The van der Waals surface area contributed by atoms with E-state index in [-0.39, 0.29) is 0 Å². The van der Waals surface area contributed by atoms with Gasteiger partial charge >= 0.3 is 0 Å². The fourth-order valence-corrected chi connectivity index (χ4v) is 3.89. The first-order chi connectivity index (χ1) is 9.22. The summed E-state index contributed by atoms with van der Waals surface area (Å²) in [5.74, 6) is 1.76. The number of ether oxygens (including phenoxy) is 1. The van der Waals surface area contributed by atoms with Gasteiger partial charge in [-0.05, 0) is 50.5 Å². The van der Waals surface area contributed by atoms with E-state index in [1.165, 1.54) is 51.7 Å². The summed E-state index contributed by atoms with van der Waals surface area (Å²) in [6.07, 6.45) is 7.11. The largest absolute Gasteiger partial charge is 0.381 e. The van der Waals surface area contributed by atoms with Gasteiger partial charge in [-0.1, -0.05) is 13.8 Å². The van der Waals surface area contributed by atoms with Crippen LogP contribution in [0.3, 0.4) is 0 Å². The van der Waals surface area contributed by atoms with Gasteiger partial charge in [-0.3, -0.25) is 0 Å². The second-order valence-corrected chi connectivity index (χ2v) is 6.58. The molecule has 1 saturated carbocycles. The summed E-state index contributed by atoms with van der Waals surface area (Å²) < 4.78 is 5.47. The maximum absolute atomic E-state index is 5.47. The summed E-state index contributed by atoms with van der Waals surface area (Å²) in [4.78, 5) is 2.67. The van der Waals surface area contributed by atoms with Crippen molar-refractivity contribution in [3.05, 3.63) is 0 Å². The summed E-state index contributed by atoms with van der Waals surface area (Å²) in [5.41, 5.74) is 0. The molecule has 3 atom stereocenters. The van der Waals surface area contributed by atoms with E-state index in [4.69, 9.17) is 4.74 Å². The van der Waals surface area contributed by atoms with Crippen molar-refractivity contribution in [1.29, 1.82) is 0 Å². The van der Waals surface area contributed by atoms with E-state index in [1.54, 1.807) is 0 Å². The number of rotatable bonds is 5. The monoisotopic (exact) mass is 268 g/mol. The Morgan fingerprint density at radius 2 is 1.89 bits per heavy atom. The van der Waals surface area contributed by atoms with E-state index < -0.39 is 0 Å². The summed E-state index contributed by atoms with van der Waals surface area (Å²) in [7, 11) is 1.85.